The lowest BCUT2D eigenvalue weighted by Crippen LogP contribution is -2.62. The maximum Gasteiger partial charge on any atom is 0.245 e. The van der Waals surface area contributed by atoms with Gasteiger partial charge in [0, 0.05) is 18.9 Å². The summed E-state index contributed by atoms with van der Waals surface area (Å²) in [4.78, 5) is 155. The van der Waals surface area contributed by atoms with E-state index in [9.17, 15) is 63.0 Å². The number of nitrogens with two attached hydrogens (primary N) is 5. The van der Waals surface area contributed by atoms with Crippen LogP contribution in [0.3, 0.4) is 0 Å². The number of carbonyl (C=O) groups excluding carboxylic acids is 11. The Kier molecular flexibility index (Phi) is 32.5. The highest BCUT2D eigenvalue weighted by molar-refractivity contribution is 5.99. The largest absolute Gasteiger partial charge is 0.391 e. The molecule has 85 heavy (non-hydrogen) atoms. The van der Waals surface area contributed by atoms with E-state index < -0.39 is 145 Å². The highest BCUT2D eigenvalue weighted by Crippen LogP contribution is 2.15. The van der Waals surface area contributed by atoms with Crippen LogP contribution in [-0.2, 0) is 59.2 Å². The van der Waals surface area contributed by atoms with Crippen LogP contribution in [0.4, 0.5) is 0 Å². The minimum absolute atomic E-state index is 0.0458. The summed E-state index contributed by atoms with van der Waals surface area (Å²) in [6.07, 6.45) is -2.24. The molecular formula is C55H95N17O13. The number of hydrogen-bond donors (Lipinski definition) is 19. The van der Waals surface area contributed by atoms with Gasteiger partial charge in [-0.05, 0) is 142 Å². The number of nitrogens with one attached hydrogen (secondary N) is 12. The van der Waals surface area contributed by atoms with Gasteiger partial charge in [0.25, 0.3) is 0 Å². The Morgan fingerprint density at radius 2 is 1.06 bits per heavy atom. The van der Waals surface area contributed by atoms with Crippen molar-refractivity contribution in [3.63, 3.8) is 0 Å². The highest BCUT2D eigenvalue weighted by atomic mass is 16.3. The maximum atomic E-state index is 14.6. The third kappa shape index (κ3) is 24.9. The van der Waals surface area contributed by atoms with Crippen molar-refractivity contribution in [2.45, 2.75) is 177 Å². The van der Waals surface area contributed by atoms with Gasteiger partial charge in [-0.25, -0.2) is 0 Å². The number of unbranched alkanes of at least 4 members (excludes halogenated alkanes) is 1. The minimum atomic E-state index is -1.69. The van der Waals surface area contributed by atoms with Crippen molar-refractivity contribution in [1.29, 1.82) is 0 Å². The first-order valence-electron chi connectivity index (χ1n) is 29.4. The summed E-state index contributed by atoms with van der Waals surface area (Å²) in [5.74, 6) is -10.1. The zero-order valence-electron chi connectivity index (χ0n) is 49.4. The molecule has 24 N–H and O–H groups in total. The van der Waals surface area contributed by atoms with Crippen LogP contribution in [0.1, 0.15) is 104 Å². The van der Waals surface area contributed by atoms with Gasteiger partial charge < -0.3 is 103 Å². The van der Waals surface area contributed by atoms with Crippen molar-refractivity contribution < 1.29 is 63.0 Å². The standard InChI is InChI=1S/C55H95N17O13/c1-30(2)28-41-52(82)66-36(13-21-57)46(76)65-39(16-24-60)51(81)71-43(31(3)73)54(84)62-27-19-40(49(79)64-37(14-22-58)48(78)70-42(53(83)69-41)29-33-10-6-5-7-11-33)67-47(77)38(15-23-59)68-55(85)44(32(4)74)72-50(80)35(12-8-9-20-56)63-45(75)34-17-25-61-26-18-34/h5-7,10-11,30-32,34-44,61,73-74H,8-9,12-29,56-60H2,1-4H3,(H,62,84)(H,63,75)(H,64,79)(H,65,76)(H,66,82)(H,67,77)(H,68,85)(H,69,83)(H,70,78)(H,71,81)(H,72,80)/t31?,32?,35-,36-,37-,38-,39-,40-,41-,42+,43-,44-/m0/s1. The Hall–Kier alpha value is -6.93. The Bertz CT molecular complexity index is 2350. The molecule has 3 rings (SSSR count). The first-order chi connectivity index (χ1) is 40.5. The normalized spacial score (nSPS) is 23.8. The molecule has 0 bridgehead atoms. The molecule has 2 unspecified atom stereocenters. The van der Waals surface area contributed by atoms with Crippen molar-refractivity contribution in [2.24, 2.45) is 40.5 Å². The molecule has 0 aliphatic carbocycles. The van der Waals surface area contributed by atoms with E-state index in [1.807, 2.05) is 0 Å². The molecular weight excluding hydrogens is 1110 g/mol. The van der Waals surface area contributed by atoms with E-state index >= 15 is 0 Å². The van der Waals surface area contributed by atoms with E-state index in [0.29, 0.717) is 50.9 Å². The van der Waals surface area contributed by atoms with Gasteiger partial charge in [0.15, 0.2) is 0 Å². The van der Waals surface area contributed by atoms with Crippen LogP contribution < -0.4 is 92.5 Å². The van der Waals surface area contributed by atoms with Crippen LogP contribution in [0, 0.1) is 11.8 Å². The van der Waals surface area contributed by atoms with Gasteiger partial charge in [-0.15, -0.1) is 0 Å². The van der Waals surface area contributed by atoms with Crippen LogP contribution in [0.15, 0.2) is 30.3 Å². The molecule has 2 heterocycles. The van der Waals surface area contributed by atoms with Crippen LogP contribution in [0.5, 0.6) is 0 Å². The van der Waals surface area contributed by atoms with Crippen LogP contribution >= 0.6 is 0 Å². The molecule has 2 aliphatic heterocycles. The van der Waals surface area contributed by atoms with Crippen LogP contribution in [-0.4, -0.2) is 200 Å². The number of carbonyl (C=O) groups is 11. The summed E-state index contributed by atoms with van der Waals surface area (Å²) in [5, 5.41) is 53.2. The van der Waals surface area contributed by atoms with E-state index in [-0.39, 0.29) is 88.9 Å². The quantitative estimate of drug-likeness (QED) is 0.0383. The van der Waals surface area contributed by atoms with Crippen molar-refractivity contribution in [2.75, 3.05) is 52.4 Å². The number of aliphatic hydroxyl groups excluding tert-OH is 2. The first-order valence-corrected chi connectivity index (χ1v) is 29.4. The van der Waals surface area contributed by atoms with Crippen molar-refractivity contribution in [3.05, 3.63) is 35.9 Å². The molecule has 12 atom stereocenters. The Morgan fingerprint density at radius 1 is 0.541 bits per heavy atom. The zero-order chi connectivity index (χ0) is 63.2. The van der Waals surface area contributed by atoms with Gasteiger partial charge in [0.2, 0.25) is 65.0 Å². The van der Waals surface area contributed by atoms with Gasteiger partial charge in [-0.1, -0.05) is 44.2 Å². The third-order valence-electron chi connectivity index (χ3n) is 14.4. The second-order valence-electron chi connectivity index (χ2n) is 22.0. The number of amides is 11. The SMILES string of the molecule is CC(C)C[C@@H]1NC(=O)[C@@H](Cc2ccccc2)NC(=O)[C@H](CCN)NC(=O)[C@@H](NC(=O)[C@H](CCN)NC(=O)[C@@H](NC(=O)[C@H](CCCCN)NC(=O)C2CCNCC2)C(C)O)CCNC(=O)[C@H](C(C)O)NC(=O)[C@H](CCN)NC(=O)[C@H](CCN)NC1=O. The number of benzene rings is 1. The Morgan fingerprint density at radius 3 is 1.59 bits per heavy atom. The Balaban J connectivity index is 2.09. The first kappa shape index (κ1) is 72.3. The molecule has 1 aromatic carbocycles. The topological polar surface area (TPSA) is 503 Å². The van der Waals surface area contributed by atoms with Gasteiger partial charge in [-0.3, -0.25) is 52.7 Å². The van der Waals surface area contributed by atoms with Crippen LogP contribution in [0.2, 0.25) is 0 Å². The number of hydrogen-bond acceptors (Lipinski definition) is 19. The lowest BCUT2D eigenvalue weighted by molar-refractivity contribution is -0.137. The molecule has 11 amide bonds. The molecule has 0 spiro atoms. The fourth-order valence-corrected chi connectivity index (χ4v) is 9.57. The number of aliphatic hydroxyl groups is 2. The summed E-state index contributed by atoms with van der Waals surface area (Å²) in [5.41, 5.74) is 29.9. The summed E-state index contributed by atoms with van der Waals surface area (Å²) < 4.78 is 0. The summed E-state index contributed by atoms with van der Waals surface area (Å²) in [6, 6.07) is -6.13. The van der Waals surface area contributed by atoms with Crippen molar-refractivity contribution >= 4 is 65.0 Å². The van der Waals surface area contributed by atoms with Gasteiger partial charge in [0.05, 0.1) is 12.2 Å². The summed E-state index contributed by atoms with van der Waals surface area (Å²) in [7, 11) is 0. The van der Waals surface area contributed by atoms with E-state index in [2.05, 4.69) is 63.8 Å². The van der Waals surface area contributed by atoms with Gasteiger partial charge in [-0.2, -0.15) is 0 Å². The molecule has 0 radical (unpaired) electrons. The lowest BCUT2D eigenvalue weighted by atomic mass is 9.96. The maximum absolute atomic E-state index is 14.6. The average molecular weight is 1200 g/mol. The molecule has 30 heteroatoms. The zero-order valence-corrected chi connectivity index (χ0v) is 49.4. The van der Waals surface area contributed by atoms with Gasteiger partial charge >= 0.3 is 0 Å². The Labute approximate surface area is 496 Å². The van der Waals surface area contributed by atoms with E-state index in [0.717, 1.165) is 0 Å². The van der Waals surface area contributed by atoms with E-state index in [1.165, 1.54) is 13.8 Å². The predicted molar refractivity (Wildman–Crippen MR) is 313 cm³/mol. The molecule has 1 aromatic rings. The third-order valence-corrected chi connectivity index (χ3v) is 14.4. The molecule has 2 fully saturated rings. The lowest BCUT2D eigenvalue weighted by Gasteiger charge is -2.29. The molecule has 2 aliphatic rings. The predicted octanol–water partition coefficient (Wildman–Crippen LogP) is -7.07. The monoisotopic (exact) mass is 1200 g/mol. The van der Waals surface area contributed by atoms with E-state index in [1.54, 1.807) is 44.2 Å². The smallest absolute Gasteiger partial charge is 0.245 e. The van der Waals surface area contributed by atoms with Crippen LogP contribution in [0.25, 0.3) is 0 Å². The average Bonchev–Trinajstić information content (AvgIpc) is 3.69. The molecule has 0 saturated carbocycles. The fraction of sp³-hybridized carbons (Fsp3) is 0.691. The van der Waals surface area contributed by atoms with E-state index in [4.69, 9.17) is 28.7 Å². The second kappa shape index (κ2) is 38.2. The molecule has 0 aromatic heterocycles. The summed E-state index contributed by atoms with van der Waals surface area (Å²) in [6.45, 7) is 6.40. The van der Waals surface area contributed by atoms with Crippen molar-refractivity contribution in [3.8, 4) is 0 Å². The minimum Gasteiger partial charge on any atom is -0.391 e. The molecule has 478 valence electrons. The second-order valence-corrected chi connectivity index (χ2v) is 22.0. The van der Waals surface area contributed by atoms with Gasteiger partial charge in [0.1, 0.15) is 60.4 Å². The molecule has 2 saturated heterocycles. The number of piperidine rings is 1. The highest BCUT2D eigenvalue weighted by Gasteiger charge is 2.38. The number of rotatable bonds is 26. The fourth-order valence-electron chi connectivity index (χ4n) is 9.57. The molecule has 30 nitrogen and oxygen atoms in total. The van der Waals surface area contributed by atoms with Crippen molar-refractivity contribution in [1.82, 2.24) is 63.8 Å². The summed E-state index contributed by atoms with van der Waals surface area (Å²) >= 11 is 0.